The van der Waals surface area contributed by atoms with Gasteiger partial charge in [-0.05, 0) is 63.6 Å². The van der Waals surface area contributed by atoms with E-state index in [1.165, 1.54) is 0 Å². The number of carbonyl (C=O) groups excluding carboxylic acids is 3. The van der Waals surface area contributed by atoms with Gasteiger partial charge in [-0.25, -0.2) is 4.79 Å². The molecule has 2 N–H and O–H groups in total. The van der Waals surface area contributed by atoms with Gasteiger partial charge < -0.3 is 20.3 Å². The van der Waals surface area contributed by atoms with Crippen LogP contribution >= 0.6 is 0 Å². The number of nitrogens with one attached hydrogen (secondary N) is 2. The molecule has 3 amide bonds. The number of nitrogens with zero attached hydrogens (tertiary/aromatic N) is 1. The van der Waals surface area contributed by atoms with Gasteiger partial charge in [-0.2, -0.15) is 0 Å². The van der Waals surface area contributed by atoms with Gasteiger partial charge >= 0.3 is 6.09 Å². The lowest BCUT2D eigenvalue weighted by Gasteiger charge is -2.36. The molecule has 3 unspecified atom stereocenters. The van der Waals surface area contributed by atoms with Crippen molar-refractivity contribution in [2.45, 2.75) is 97.4 Å². The van der Waals surface area contributed by atoms with Crippen molar-refractivity contribution in [3.8, 4) is 12.3 Å². The lowest BCUT2D eigenvalue weighted by Crippen LogP contribution is -2.55. The quantitative estimate of drug-likeness (QED) is 0.357. The van der Waals surface area contributed by atoms with E-state index in [1.54, 1.807) is 37.8 Å². The first-order valence-electron chi connectivity index (χ1n) is 12.7. The van der Waals surface area contributed by atoms with Crippen molar-refractivity contribution in [1.29, 1.82) is 0 Å². The molecule has 0 heterocycles. The number of hydrogen-bond donors (Lipinski definition) is 2. The topological polar surface area (TPSA) is 87.7 Å². The summed E-state index contributed by atoms with van der Waals surface area (Å²) in [5, 5.41) is 5.79. The number of benzene rings is 1. The van der Waals surface area contributed by atoms with Crippen molar-refractivity contribution in [2.24, 2.45) is 5.92 Å². The summed E-state index contributed by atoms with van der Waals surface area (Å²) in [6.45, 7) is 11.8. The van der Waals surface area contributed by atoms with Gasteiger partial charge in [-0.15, -0.1) is 6.42 Å². The highest BCUT2D eigenvalue weighted by molar-refractivity contribution is 5.92. The smallest absolute Gasteiger partial charge is 0.408 e. The molecule has 3 atom stereocenters. The van der Waals surface area contributed by atoms with E-state index in [0.29, 0.717) is 24.1 Å². The monoisotopic (exact) mass is 483 g/mol. The van der Waals surface area contributed by atoms with Gasteiger partial charge in [0.25, 0.3) is 0 Å². The zero-order valence-electron chi connectivity index (χ0n) is 22.0. The van der Waals surface area contributed by atoms with Gasteiger partial charge in [0.1, 0.15) is 17.7 Å². The van der Waals surface area contributed by atoms with Gasteiger partial charge in [-0.1, -0.05) is 51.7 Å². The maximum Gasteiger partial charge on any atom is 0.408 e. The van der Waals surface area contributed by atoms with Crippen molar-refractivity contribution in [2.75, 3.05) is 6.54 Å². The number of hydrogen-bond acceptors (Lipinski definition) is 4. The molecule has 7 heteroatoms. The lowest BCUT2D eigenvalue weighted by atomic mass is 9.95. The van der Waals surface area contributed by atoms with Crippen LogP contribution in [0.25, 0.3) is 0 Å². The molecule has 1 fully saturated rings. The Morgan fingerprint density at radius 2 is 1.80 bits per heavy atom. The minimum atomic E-state index is -0.814. The normalized spacial score (nSPS) is 15.8. The minimum Gasteiger partial charge on any atom is -0.444 e. The Morgan fingerprint density at radius 1 is 1.17 bits per heavy atom. The molecule has 192 valence electrons. The molecule has 1 aromatic rings. The van der Waals surface area contributed by atoms with Crippen LogP contribution in [0.3, 0.4) is 0 Å². The molecule has 0 bridgehead atoms. The molecule has 35 heavy (non-hydrogen) atoms. The minimum absolute atomic E-state index is 0.0660. The fourth-order valence-corrected chi connectivity index (χ4v) is 3.83. The van der Waals surface area contributed by atoms with Crippen molar-refractivity contribution >= 4 is 17.9 Å². The molecule has 0 saturated heterocycles. The van der Waals surface area contributed by atoms with Crippen LogP contribution in [0.2, 0.25) is 0 Å². The number of alkyl carbamates (subject to hydrolysis) is 1. The molecule has 2 rings (SSSR count). The molecule has 0 aliphatic heterocycles. The van der Waals surface area contributed by atoms with Gasteiger partial charge in [0.15, 0.2) is 0 Å². The van der Waals surface area contributed by atoms with Crippen LogP contribution in [0.5, 0.6) is 0 Å². The van der Waals surface area contributed by atoms with Crippen LogP contribution in [0.4, 0.5) is 4.79 Å². The first-order chi connectivity index (χ1) is 16.5. The van der Waals surface area contributed by atoms with Crippen LogP contribution in [0.15, 0.2) is 24.3 Å². The van der Waals surface area contributed by atoms with E-state index < -0.39 is 23.8 Å². The highest BCUT2D eigenvalue weighted by atomic mass is 16.6. The molecule has 7 nitrogen and oxygen atoms in total. The summed E-state index contributed by atoms with van der Waals surface area (Å²) in [5.74, 6) is 1.94. The zero-order chi connectivity index (χ0) is 26.2. The van der Waals surface area contributed by atoms with Crippen molar-refractivity contribution in [1.82, 2.24) is 15.5 Å². The SMILES string of the molecule is C#Cc1ccc(C(C(=O)NCCCC)N(C(=O)C(NC(=O)OC(C)(C)C)C(C)CC)C2CC2)cc1. The molecule has 0 radical (unpaired) electrons. The van der Waals surface area contributed by atoms with Crippen LogP contribution in [-0.2, 0) is 14.3 Å². The van der Waals surface area contributed by atoms with Gasteiger partial charge in [0, 0.05) is 18.2 Å². The predicted molar refractivity (Wildman–Crippen MR) is 138 cm³/mol. The average Bonchev–Trinajstić information content (AvgIpc) is 3.64. The number of terminal acetylenes is 1. The number of unbranched alkanes of at least 4 members (excludes halogenated alkanes) is 1. The molecule has 0 aromatic heterocycles. The molecule has 1 aliphatic carbocycles. The molecule has 1 saturated carbocycles. The average molecular weight is 484 g/mol. The van der Waals surface area contributed by atoms with E-state index in [9.17, 15) is 14.4 Å². The summed E-state index contributed by atoms with van der Waals surface area (Å²) in [7, 11) is 0. The summed E-state index contributed by atoms with van der Waals surface area (Å²) in [6, 6.07) is 5.48. The van der Waals surface area contributed by atoms with Crippen LogP contribution in [0.1, 0.15) is 90.8 Å². The Hall–Kier alpha value is -3.01. The van der Waals surface area contributed by atoms with Gasteiger partial charge in [0.2, 0.25) is 11.8 Å². The standard InChI is InChI=1S/C28H41N3O4/c1-8-11-18-29-25(32)24(21-14-12-20(10-3)13-15-21)31(22-16-17-22)26(33)23(19(4)9-2)30-27(34)35-28(5,6)7/h3,12-15,19,22-24H,8-9,11,16-18H2,1-2,4-7H3,(H,29,32)(H,30,34). The van der Waals surface area contributed by atoms with E-state index in [2.05, 4.69) is 23.5 Å². The summed E-state index contributed by atoms with van der Waals surface area (Å²) in [5.41, 5.74) is 0.703. The largest absolute Gasteiger partial charge is 0.444 e. The third-order valence-electron chi connectivity index (χ3n) is 6.10. The Kier molecular flexibility index (Phi) is 10.2. The zero-order valence-corrected chi connectivity index (χ0v) is 22.0. The number of carbonyl (C=O) groups is 3. The summed E-state index contributed by atoms with van der Waals surface area (Å²) >= 11 is 0. The van der Waals surface area contributed by atoms with Gasteiger partial charge in [0.05, 0.1) is 0 Å². The fourth-order valence-electron chi connectivity index (χ4n) is 3.83. The Balaban J connectivity index is 2.43. The number of ether oxygens (including phenoxy) is 1. The van der Waals surface area contributed by atoms with Crippen LogP contribution in [0, 0.1) is 18.3 Å². The number of amides is 3. The van der Waals surface area contributed by atoms with Crippen molar-refractivity contribution in [3.05, 3.63) is 35.4 Å². The highest BCUT2D eigenvalue weighted by Crippen LogP contribution is 2.36. The predicted octanol–water partition coefficient (Wildman–Crippen LogP) is 4.56. The van der Waals surface area contributed by atoms with Crippen LogP contribution < -0.4 is 10.6 Å². The first-order valence-corrected chi connectivity index (χ1v) is 12.7. The highest BCUT2D eigenvalue weighted by Gasteiger charge is 2.45. The summed E-state index contributed by atoms with van der Waals surface area (Å²) < 4.78 is 5.43. The lowest BCUT2D eigenvalue weighted by molar-refractivity contribution is -0.144. The maximum absolute atomic E-state index is 14.0. The van der Waals surface area contributed by atoms with E-state index in [1.807, 2.05) is 26.0 Å². The van der Waals surface area contributed by atoms with E-state index in [0.717, 1.165) is 25.7 Å². The van der Waals surface area contributed by atoms with E-state index >= 15 is 0 Å². The second kappa shape index (κ2) is 12.6. The van der Waals surface area contributed by atoms with Crippen molar-refractivity contribution < 1.29 is 19.1 Å². The fraction of sp³-hybridized carbons (Fsp3) is 0.607. The van der Waals surface area contributed by atoms with Crippen molar-refractivity contribution in [3.63, 3.8) is 0 Å². The van der Waals surface area contributed by atoms with Crippen LogP contribution in [-0.4, -0.2) is 47.0 Å². The second-order valence-electron chi connectivity index (χ2n) is 10.3. The summed E-state index contributed by atoms with van der Waals surface area (Å²) in [4.78, 5) is 41.8. The third kappa shape index (κ3) is 8.31. The molecule has 1 aliphatic rings. The van der Waals surface area contributed by atoms with Gasteiger partial charge in [-0.3, -0.25) is 9.59 Å². The molecular weight excluding hydrogens is 442 g/mol. The number of rotatable bonds is 11. The van der Waals surface area contributed by atoms with E-state index in [4.69, 9.17) is 11.2 Å². The molecular formula is C28H41N3O4. The molecule has 0 spiro atoms. The second-order valence-corrected chi connectivity index (χ2v) is 10.3. The van der Waals surface area contributed by atoms with E-state index in [-0.39, 0.29) is 23.8 Å². The summed E-state index contributed by atoms with van der Waals surface area (Å²) in [6.07, 6.45) is 8.97. The Morgan fingerprint density at radius 3 is 2.29 bits per heavy atom. The maximum atomic E-state index is 14.0. The Labute approximate surface area is 210 Å². The first kappa shape index (κ1) is 28.2. The molecule has 1 aromatic carbocycles. The third-order valence-corrected chi connectivity index (χ3v) is 6.10. The Bertz CT molecular complexity index is 910.